The van der Waals surface area contributed by atoms with Crippen molar-refractivity contribution in [2.75, 3.05) is 18.4 Å². The molecule has 12 heavy (non-hydrogen) atoms. The van der Waals surface area contributed by atoms with Crippen LogP contribution in [0.3, 0.4) is 0 Å². The van der Waals surface area contributed by atoms with Crippen molar-refractivity contribution < 1.29 is 4.74 Å². The van der Waals surface area contributed by atoms with Crippen molar-refractivity contribution in [1.82, 2.24) is 0 Å². The van der Waals surface area contributed by atoms with E-state index in [1.54, 1.807) is 19.2 Å². The van der Waals surface area contributed by atoms with E-state index in [-0.39, 0.29) is 0 Å². The van der Waals surface area contributed by atoms with Crippen molar-refractivity contribution >= 4 is 28.9 Å². The smallest absolute Gasteiger partial charge is 0.137 e. The lowest BCUT2D eigenvalue weighted by Crippen LogP contribution is -1.94. The van der Waals surface area contributed by atoms with E-state index in [1.807, 2.05) is 6.07 Å². The van der Waals surface area contributed by atoms with E-state index in [1.165, 1.54) is 0 Å². The topological polar surface area (TPSA) is 21.3 Å². The predicted molar refractivity (Wildman–Crippen MR) is 52.3 cm³/mol. The largest absolute Gasteiger partial charge is 0.495 e. The fourth-order valence-electron chi connectivity index (χ4n) is 0.853. The van der Waals surface area contributed by atoms with Gasteiger partial charge in [-0.3, -0.25) is 0 Å². The van der Waals surface area contributed by atoms with Crippen LogP contribution in [0, 0.1) is 0 Å². The summed E-state index contributed by atoms with van der Waals surface area (Å²) >= 11 is 11.3. The minimum atomic E-state index is 0.364. The summed E-state index contributed by atoms with van der Waals surface area (Å²) in [4.78, 5) is 0. The minimum absolute atomic E-state index is 0.364. The molecule has 0 amide bonds. The first-order valence-corrected chi connectivity index (χ1v) is 4.32. The minimum Gasteiger partial charge on any atom is -0.495 e. The fourth-order valence-corrected chi connectivity index (χ4v) is 1.27. The molecular weight excluding hydrogens is 197 g/mol. The first kappa shape index (κ1) is 9.49. The number of halogens is 2. The molecule has 2 nitrogen and oxygen atoms in total. The first-order chi connectivity index (χ1) is 5.77. The van der Waals surface area contributed by atoms with E-state index < -0.39 is 0 Å². The second-order valence-electron chi connectivity index (χ2n) is 2.16. The van der Waals surface area contributed by atoms with Crippen LogP contribution in [0.2, 0.25) is 5.02 Å². The van der Waals surface area contributed by atoms with Gasteiger partial charge in [-0.05, 0) is 18.2 Å². The molecule has 0 fully saturated rings. The third-order valence-electron chi connectivity index (χ3n) is 1.42. The van der Waals surface area contributed by atoms with E-state index in [0.717, 1.165) is 5.69 Å². The lowest BCUT2D eigenvalue weighted by atomic mass is 10.3. The highest BCUT2D eigenvalue weighted by molar-refractivity contribution is 6.32. The van der Waals surface area contributed by atoms with E-state index in [0.29, 0.717) is 16.8 Å². The van der Waals surface area contributed by atoms with Crippen LogP contribution < -0.4 is 10.1 Å². The number of benzene rings is 1. The standard InChI is InChI=1S/C8H9Cl2NO/c1-12-8-3-2-6(11-5-9)4-7(8)10/h2-4,11H,5H2,1H3. The van der Waals surface area contributed by atoms with Gasteiger partial charge in [0.05, 0.1) is 18.1 Å². The number of hydrogen-bond donors (Lipinski definition) is 1. The molecule has 0 saturated carbocycles. The molecule has 0 spiro atoms. The maximum absolute atomic E-state index is 5.86. The highest BCUT2D eigenvalue weighted by atomic mass is 35.5. The maximum Gasteiger partial charge on any atom is 0.137 e. The van der Waals surface area contributed by atoms with E-state index in [4.69, 9.17) is 27.9 Å². The third kappa shape index (κ3) is 2.19. The molecule has 1 rings (SSSR count). The summed E-state index contributed by atoms with van der Waals surface area (Å²) in [5.74, 6) is 0.664. The molecule has 0 aliphatic heterocycles. The summed E-state index contributed by atoms with van der Waals surface area (Å²) in [7, 11) is 1.58. The maximum atomic E-state index is 5.86. The number of ether oxygens (including phenoxy) is 1. The van der Waals surface area contributed by atoms with Crippen LogP contribution in [0.5, 0.6) is 5.75 Å². The van der Waals surface area contributed by atoms with Crippen LogP contribution >= 0.6 is 23.2 Å². The first-order valence-electron chi connectivity index (χ1n) is 3.41. The van der Waals surface area contributed by atoms with Crippen molar-refractivity contribution in [2.45, 2.75) is 0 Å². The Kier molecular flexibility index (Phi) is 3.50. The lowest BCUT2D eigenvalue weighted by molar-refractivity contribution is 0.415. The molecule has 4 heteroatoms. The molecule has 1 aromatic rings. The Morgan fingerprint density at radius 3 is 2.75 bits per heavy atom. The average molecular weight is 206 g/mol. The highest BCUT2D eigenvalue weighted by Gasteiger charge is 1.99. The van der Waals surface area contributed by atoms with Gasteiger partial charge in [-0.1, -0.05) is 11.6 Å². The second-order valence-corrected chi connectivity index (χ2v) is 2.83. The van der Waals surface area contributed by atoms with Crippen molar-refractivity contribution in [3.05, 3.63) is 23.2 Å². The molecule has 0 radical (unpaired) electrons. The van der Waals surface area contributed by atoms with Gasteiger partial charge < -0.3 is 10.1 Å². The fraction of sp³-hybridized carbons (Fsp3) is 0.250. The summed E-state index contributed by atoms with van der Waals surface area (Å²) in [6.45, 7) is 0. The zero-order valence-electron chi connectivity index (χ0n) is 6.60. The number of hydrogen-bond acceptors (Lipinski definition) is 2. The summed E-state index contributed by atoms with van der Waals surface area (Å²) in [6.07, 6.45) is 0. The Bertz CT molecular complexity index is 265. The highest BCUT2D eigenvalue weighted by Crippen LogP contribution is 2.26. The van der Waals surface area contributed by atoms with Crippen molar-refractivity contribution in [2.24, 2.45) is 0 Å². The van der Waals surface area contributed by atoms with Crippen LogP contribution in [-0.2, 0) is 0 Å². The van der Waals surface area contributed by atoms with Crippen molar-refractivity contribution in [3.63, 3.8) is 0 Å². The summed E-state index contributed by atoms with van der Waals surface area (Å²) in [6, 6.07) is 5.77. The summed E-state index contributed by atoms with van der Waals surface area (Å²) < 4.78 is 4.99. The van der Waals surface area contributed by atoms with Crippen LogP contribution in [-0.4, -0.2) is 13.1 Å². The van der Waals surface area contributed by atoms with Gasteiger partial charge in [0.1, 0.15) is 5.75 Å². The Morgan fingerprint density at radius 2 is 2.25 bits per heavy atom. The van der Waals surface area contributed by atoms with Gasteiger partial charge in [0, 0.05) is 5.69 Å². The van der Waals surface area contributed by atoms with Gasteiger partial charge in [-0.25, -0.2) is 0 Å². The monoisotopic (exact) mass is 205 g/mol. The average Bonchev–Trinajstić information content (AvgIpc) is 2.05. The zero-order chi connectivity index (χ0) is 8.97. The molecule has 1 aromatic carbocycles. The molecule has 0 aliphatic rings. The Labute approximate surface area is 81.4 Å². The van der Waals surface area contributed by atoms with Crippen LogP contribution in [0.15, 0.2) is 18.2 Å². The molecule has 66 valence electrons. The molecule has 1 N–H and O–H groups in total. The number of anilines is 1. The number of nitrogens with one attached hydrogen (secondary N) is 1. The molecule has 0 atom stereocenters. The van der Waals surface area contributed by atoms with Gasteiger partial charge in [0.2, 0.25) is 0 Å². The Morgan fingerprint density at radius 1 is 1.50 bits per heavy atom. The van der Waals surface area contributed by atoms with Crippen molar-refractivity contribution in [1.29, 1.82) is 0 Å². The number of rotatable bonds is 3. The molecule has 0 heterocycles. The lowest BCUT2D eigenvalue weighted by Gasteiger charge is -2.05. The van der Waals surface area contributed by atoms with Gasteiger partial charge in [-0.15, -0.1) is 11.6 Å². The number of methoxy groups -OCH3 is 1. The van der Waals surface area contributed by atoms with Crippen LogP contribution in [0.4, 0.5) is 5.69 Å². The quantitative estimate of drug-likeness (QED) is 0.606. The van der Waals surface area contributed by atoms with Crippen LogP contribution in [0.1, 0.15) is 0 Å². The van der Waals surface area contributed by atoms with Gasteiger partial charge >= 0.3 is 0 Å². The normalized spacial score (nSPS) is 9.58. The molecule has 0 aromatic heterocycles. The Balaban J connectivity index is 2.86. The van der Waals surface area contributed by atoms with Gasteiger partial charge in [0.25, 0.3) is 0 Å². The van der Waals surface area contributed by atoms with Crippen molar-refractivity contribution in [3.8, 4) is 5.75 Å². The molecule has 0 aliphatic carbocycles. The van der Waals surface area contributed by atoms with Crippen LogP contribution in [0.25, 0.3) is 0 Å². The molecule has 0 bridgehead atoms. The third-order valence-corrected chi connectivity index (χ3v) is 1.85. The van der Waals surface area contributed by atoms with Gasteiger partial charge in [-0.2, -0.15) is 0 Å². The molecule has 0 unspecified atom stereocenters. The van der Waals surface area contributed by atoms with E-state index in [2.05, 4.69) is 5.32 Å². The Hall–Kier alpha value is -0.600. The summed E-state index contributed by atoms with van der Waals surface area (Å²) in [5, 5.41) is 3.50. The number of alkyl halides is 1. The second kappa shape index (κ2) is 4.43. The van der Waals surface area contributed by atoms with E-state index in [9.17, 15) is 0 Å². The van der Waals surface area contributed by atoms with E-state index >= 15 is 0 Å². The summed E-state index contributed by atoms with van der Waals surface area (Å²) in [5.41, 5.74) is 0.885. The van der Waals surface area contributed by atoms with Gasteiger partial charge in [0.15, 0.2) is 0 Å². The SMILES string of the molecule is COc1ccc(NCCl)cc1Cl. The molecular formula is C8H9Cl2NO. The molecule has 0 saturated heterocycles. The zero-order valence-corrected chi connectivity index (χ0v) is 8.12. The predicted octanol–water partition coefficient (Wildman–Crippen LogP) is 2.96.